The Kier molecular flexibility index (Phi) is 7.84. The lowest BCUT2D eigenvalue weighted by Gasteiger charge is -2.38. The number of likely N-dealkylation sites (tertiary alicyclic amines) is 1. The number of piperazine rings is 1. The van der Waals surface area contributed by atoms with E-state index in [1.807, 2.05) is 70.6 Å². The van der Waals surface area contributed by atoms with Crippen LogP contribution < -0.4 is 0 Å². The Balaban J connectivity index is 1.07. The van der Waals surface area contributed by atoms with Crippen LogP contribution in [0.4, 0.5) is 0 Å². The molecule has 4 aromatic rings. The van der Waals surface area contributed by atoms with E-state index < -0.39 is 0 Å². The van der Waals surface area contributed by atoms with Gasteiger partial charge in [0.2, 0.25) is 5.91 Å². The van der Waals surface area contributed by atoms with E-state index in [1.165, 1.54) is 5.56 Å². The molecule has 40 heavy (non-hydrogen) atoms. The number of rotatable bonds is 6. The Morgan fingerprint density at radius 3 is 2.27 bits per heavy atom. The molecule has 8 heteroatoms. The fourth-order valence-corrected chi connectivity index (χ4v) is 6.08. The fourth-order valence-electron chi connectivity index (χ4n) is 5.96. The summed E-state index contributed by atoms with van der Waals surface area (Å²) in [5.41, 5.74) is 4.01. The SMILES string of the molecule is O=C(c1cc2ccccc2n1Cc1ccc(Cl)cc1)N1CCC(C(=O)N2CCN(Cc3cccnc3)CC2)CC1. The van der Waals surface area contributed by atoms with Gasteiger partial charge in [-0.05, 0) is 54.3 Å². The number of amides is 2. The van der Waals surface area contributed by atoms with Crippen molar-refractivity contribution in [3.8, 4) is 0 Å². The van der Waals surface area contributed by atoms with Crippen molar-refractivity contribution in [1.82, 2.24) is 24.3 Å². The molecule has 0 N–H and O–H groups in total. The molecule has 7 nitrogen and oxygen atoms in total. The van der Waals surface area contributed by atoms with Gasteiger partial charge in [-0.1, -0.05) is 48.0 Å². The zero-order valence-corrected chi connectivity index (χ0v) is 23.3. The number of pyridine rings is 1. The van der Waals surface area contributed by atoms with E-state index in [2.05, 4.69) is 26.6 Å². The maximum absolute atomic E-state index is 13.8. The number of hydrogen-bond donors (Lipinski definition) is 0. The van der Waals surface area contributed by atoms with Gasteiger partial charge < -0.3 is 14.4 Å². The number of carbonyl (C=O) groups is 2. The number of nitrogens with zero attached hydrogens (tertiary/aromatic N) is 5. The monoisotopic (exact) mass is 555 g/mol. The second-order valence-corrected chi connectivity index (χ2v) is 11.3. The normalized spacial score (nSPS) is 16.9. The van der Waals surface area contributed by atoms with E-state index in [-0.39, 0.29) is 17.7 Å². The van der Waals surface area contributed by atoms with Crippen LogP contribution in [-0.2, 0) is 17.9 Å². The Morgan fingerprint density at radius 2 is 1.55 bits per heavy atom. The number of aromatic nitrogens is 2. The summed E-state index contributed by atoms with van der Waals surface area (Å²) in [6, 6.07) is 21.9. The van der Waals surface area contributed by atoms with Gasteiger partial charge in [-0.25, -0.2) is 0 Å². The largest absolute Gasteiger partial charge is 0.340 e. The minimum atomic E-state index is -0.0196. The molecular weight excluding hydrogens is 522 g/mol. The van der Waals surface area contributed by atoms with Crippen molar-refractivity contribution >= 4 is 34.3 Å². The minimum Gasteiger partial charge on any atom is -0.340 e. The number of piperidine rings is 1. The summed E-state index contributed by atoms with van der Waals surface area (Å²) >= 11 is 6.09. The van der Waals surface area contributed by atoms with Gasteiger partial charge in [-0.15, -0.1) is 0 Å². The van der Waals surface area contributed by atoms with Crippen molar-refractivity contribution in [2.24, 2.45) is 5.92 Å². The second kappa shape index (κ2) is 11.8. The molecule has 206 valence electrons. The Bertz CT molecular complexity index is 1470. The van der Waals surface area contributed by atoms with E-state index >= 15 is 0 Å². The molecule has 0 radical (unpaired) electrons. The smallest absolute Gasteiger partial charge is 0.270 e. The topological polar surface area (TPSA) is 61.7 Å². The lowest BCUT2D eigenvalue weighted by Crippen LogP contribution is -2.51. The van der Waals surface area contributed by atoms with Crippen molar-refractivity contribution in [1.29, 1.82) is 0 Å². The second-order valence-electron chi connectivity index (χ2n) is 10.8. The summed E-state index contributed by atoms with van der Waals surface area (Å²) in [6.07, 6.45) is 5.11. The van der Waals surface area contributed by atoms with E-state index in [4.69, 9.17) is 11.6 Å². The Hall–Kier alpha value is -3.68. The maximum atomic E-state index is 13.8. The first-order chi connectivity index (χ1) is 19.5. The summed E-state index contributed by atoms with van der Waals surface area (Å²) in [4.78, 5) is 37.6. The summed E-state index contributed by atoms with van der Waals surface area (Å²) in [6.45, 7) is 5.90. The van der Waals surface area contributed by atoms with Crippen LogP contribution in [0.3, 0.4) is 0 Å². The Labute approximate surface area is 240 Å². The van der Waals surface area contributed by atoms with Crippen LogP contribution in [0.15, 0.2) is 79.1 Å². The number of benzene rings is 2. The first kappa shape index (κ1) is 26.5. The van der Waals surface area contributed by atoms with E-state index in [0.29, 0.717) is 43.2 Å². The molecule has 0 unspecified atom stereocenters. The third-order valence-corrected chi connectivity index (χ3v) is 8.48. The lowest BCUT2D eigenvalue weighted by atomic mass is 9.94. The molecule has 4 heterocycles. The van der Waals surface area contributed by atoms with Crippen molar-refractivity contribution in [3.05, 3.63) is 101 Å². The number of hydrogen-bond acceptors (Lipinski definition) is 4. The van der Waals surface area contributed by atoms with E-state index in [9.17, 15) is 9.59 Å². The van der Waals surface area contributed by atoms with Crippen LogP contribution in [0.25, 0.3) is 10.9 Å². The van der Waals surface area contributed by atoms with Gasteiger partial charge in [-0.3, -0.25) is 19.5 Å². The van der Waals surface area contributed by atoms with Gasteiger partial charge in [0.25, 0.3) is 5.91 Å². The molecule has 2 aliphatic heterocycles. The lowest BCUT2D eigenvalue weighted by molar-refractivity contribution is -0.138. The Morgan fingerprint density at radius 1 is 0.800 bits per heavy atom. The molecule has 2 amide bonds. The van der Waals surface area contributed by atoms with E-state index in [1.54, 1.807) is 6.20 Å². The van der Waals surface area contributed by atoms with Crippen molar-refractivity contribution in [3.63, 3.8) is 0 Å². The van der Waals surface area contributed by atoms with Gasteiger partial charge in [0.15, 0.2) is 0 Å². The average Bonchev–Trinajstić information content (AvgIpc) is 3.37. The van der Waals surface area contributed by atoms with Crippen LogP contribution >= 0.6 is 11.6 Å². The molecular formula is C32H34ClN5O2. The number of halogens is 1. The highest BCUT2D eigenvalue weighted by atomic mass is 35.5. The summed E-state index contributed by atoms with van der Waals surface area (Å²) in [5, 5.41) is 1.74. The molecule has 2 aliphatic rings. The van der Waals surface area contributed by atoms with E-state index in [0.717, 1.165) is 49.2 Å². The predicted octanol–water partition coefficient (Wildman–Crippen LogP) is 4.93. The van der Waals surface area contributed by atoms with Gasteiger partial charge in [0.1, 0.15) is 5.69 Å². The molecule has 6 rings (SSSR count). The summed E-state index contributed by atoms with van der Waals surface area (Å²) in [7, 11) is 0. The third kappa shape index (κ3) is 5.76. The van der Waals surface area contributed by atoms with Gasteiger partial charge in [-0.2, -0.15) is 0 Å². The van der Waals surface area contributed by atoms with Crippen molar-refractivity contribution in [2.45, 2.75) is 25.9 Å². The molecule has 0 bridgehead atoms. The first-order valence-corrected chi connectivity index (χ1v) is 14.4. The average molecular weight is 556 g/mol. The van der Waals surface area contributed by atoms with Crippen molar-refractivity contribution < 1.29 is 9.59 Å². The third-order valence-electron chi connectivity index (χ3n) is 8.23. The van der Waals surface area contributed by atoms with Crippen LogP contribution in [0.5, 0.6) is 0 Å². The summed E-state index contributed by atoms with van der Waals surface area (Å²) in [5.74, 6) is 0.249. The number of para-hydroxylation sites is 1. The highest BCUT2D eigenvalue weighted by Gasteiger charge is 2.33. The van der Waals surface area contributed by atoms with Crippen LogP contribution in [0.1, 0.15) is 34.5 Å². The molecule has 0 aliphatic carbocycles. The molecule has 0 saturated carbocycles. The maximum Gasteiger partial charge on any atom is 0.270 e. The van der Waals surface area contributed by atoms with Crippen molar-refractivity contribution in [2.75, 3.05) is 39.3 Å². The van der Waals surface area contributed by atoms with Gasteiger partial charge in [0.05, 0.1) is 0 Å². The number of carbonyl (C=O) groups excluding carboxylic acids is 2. The standard InChI is InChI=1S/C32H34ClN5O2/c33-28-9-7-24(8-10-28)23-38-29-6-2-1-5-27(29)20-30(38)32(40)36-14-11-26(12-15-36)31(39)37-18-16-35(17-19-37)22-25-4-3-13-34-21-25/h1-10,13,20-21,26H,11-12,14-19,22-23H2. The summed E-state index contributed by atoms with van der Waals surface area (Å²) < 4.78 is 2.10. The fraction of sp³-hybridized carbons (Fsp3) is 0.344. The van der Waals surface area contributed by atoms with Crippen LogP contribution in [-0.4, -0.2) is 75.3 Å². The zero-order chi connectivity index (χ0) is 27.5. The van der Waals surface area contributed by atoms with Crippen LogP contribution in [0.2, 0.25) is 5.02 Å². The number of fused-ring (bicyclic) bond motifs is 1. The molecule has 2 fully saturated rings. The highest BCUT2D eigenvalue weighted by molar-refractivity contribution is 6.30. The minimum absolute atomic E-state index is 0.0196. The van der Waals surface area contributed by atoms with Crippen LogP contribution in [0, 0.1) is 5.92 Å². The van der Waals surface area contributed by atoms with Gasteiger partial charge >= 0.3 is 0 Å². The zero-order valence-electron chi connectivity index (χ0n) is 22.6. The molecule has 0 spiro atoms. The molecule has 2 aromatic heterocycles. The molecule has 2 saturated heterocycles. The highest BCUT2D eigenvalue weighted by Crippen LogP contribution is 2.26. The quantitative estimate of drug-likeness (QED) is 0.338. The predicted molar refractivity (Wildman–Crippen MR) is 157 cm³/mol. The van der Waals surface area contributed by atoms with Gasteiger partial charge in [0, 0.05) is 86.6 Å². The molecule has 2 aromatic carbocycles. The molecule has 0 atom stereocenters. The first-order valence-electron chi connectivity index (χ1n) is 14.1.